The number of amides is 1. The average molecular weight is 291 g/mol. The van der Waals surface area contributed by atoms with Gasteiger partial charge in [-0.3, -0.25) is 4.79 Å². The molecule has 1 aliphatic rings. The molecule has 0 saturated heterocycles. The zero-order chi connectivity index (χ0) is 15.2. The largest absolute Gasteiger partial charge is 0.493 e. The molecule has 2 rings (SSSR count). The van der Waals surface area contributed by atoms with E-state index < -0.39 is 0 Å². The lowest BCUT2D eigenvalue weighted by Gasteiger charge is -2.28. The number of hydrogen-bond donors (Lipinski definition) is 0. The van der Waals surface area contributed by atoms with Gasteiger partial charge in [0.05, 0.1) is 13.7 Å². The molecule has 0 aromatic heterocycles. The van der Waals surface area contributed by atoms with Gasteiger partial charge in [0.25, 0.3) is 5.91 Å². The molecule has 21 heavy (non-hydrogen) atoms. The van der Waals surface area contributed by atoms with Crippen LogP contribution in [-0.4, -0.2) is 37.1 Å². The first-order valence-electron chi connectivity index (χ1n) is 7.83. The predicted molar refractivity (Wildman–Crippen MR) is 83.1 cm³/mol. The molecule has 1 amide bonds. The molecular formula is C17H25NO3. The summed E-state index contributed by atoms with van der Waals surface area (Å²) in [6.07, 6.45) is 4.69. The van der Waals surface area contributed by atoms with Crippen molar-refractivity contribution in [3.05, 3.63) is 23.8 Å². The van der Waals surface area contributed by atoms with Crippen LogP contribution in [0.15, 0.2) is 18.2 Å². The Balaban J connectivity index is 2.22. The summed E-state index contributed by atoms with van der Waals surface area (Å²) in [6, 6.07) is 5.81. The maximum atomic E-state index is 12.7. The van der Waals surface area contributed by atoms with Crippen molar-refractivity contribution in [2.45, 2.75) is 45.6 Å². The Morgan fingerprint density at radius 2 is 1.95 bits per heavy atom. The van der Waals surface area contributed by atoms with Crippen LogP contribution in [0.4, 0.5) is 0 Å². The number of carbonyl (C=O) groups is 1. The Morgan fingerprint density at radius 3 is 2.52 bits per heavy atom. The monoisotopic (exact) mass is 291 g/mol. The summed E-state index contributed by atoms with van der Waals surface area (Å²) in [5.41, 5.74) is 0.674. The van der Waals surface area contributed by atoms with E-state index in [1.165, 1.54) is 12.8 Å². The smallest absolute Gasteiger partial charge is 0.254 e. The minimum Gasteiger partial charge on any atom is -0.493 e. The van der Waals surface area contributed by atoms with Crippen molar-refractivity contribution in [1.82, 2.24) is 4.90 Å². The Hall–Kier alpha value is -1.71. The molecule has 0 aliphatic heterocycles. The zero-order valence-electron chi connectivity index (χ0n) is 13.2. The lowest BCUT2D eigenvalue weighted by molar-refractivity contribution is 0.0693. The Bertz CT molecular complexity index is 481. The van der Waals surface area contributed by atoms with E-state index in [1.807, 2.05) is 24.8 Å². The van der Waals surface area contributed by atoms with Crippen LogP contribution < -0.4 is 9.47 Å². The van der Waals surface area contributed by atoms with Crippen molar-refractivity contribution in [2.75, 3.05) is 20.3 Å². The summed E-state index contributed by atoms with van der Waals surface area (Å²) >= 11 is 0. The van der Waals surface area contributed by atoms with Gasteiger partial charge in [-0.15, -0.1) is 0 Å². The number of ether oxygens (including phenoxy) is 2. The van der Waals surface area contributed by atoms with E-state index in [9.17, 15) is 4.79 Å². The summed E-state index contributed by atoms with van der Waals surface area (Å²) < 4.78 is 10.8. The molecule has 0 unspecified atom stereocenters. The second-order valence-corrected chi connectivity index (χ2v) is 5.33. The predicted octanol–water partition coefficient (Wildman–Crippen LogP) is 3.50. The van der Waals surface area contributed by atoms with Gasteiger partial charge in [0.1, 0.15) is 0 Å². The van der Waals surface area contributed by atoms with E-state index >= 15 is 0 Å². The van der Waals surface area contributed by atoms with Crippen LogP contribution in [0.3, 0.4) is 0 Å². The first kappa shape index (κ1) is 15.7. The van der Waals surface area contributed by atoms with Gasteiger partial charge in [-0.2, -0.15) is 0 Å². The van der Waals surface area contributed by atoms with Crippen molar-refractivity contribution in [2.24, 2.45) is 0 Å². The minimum absolute atomic E-state index is 0.0907. The van der Waals surface area contributed by atoms with E-state index in [0.717, 1.165) is 19.4 Å². The molecule has 0 N–H and O–H groups in total. The molecule has 1 aliphatic carbocycles. The second kappa shape index (κ2) is 7.34. The molecule has 0 atom stereocenters. The number of benzene rings is 1. The Morgan fingerprint density at radius 1 is 1.24 bits per heavy atom. The van der Waals surface area contributed by atoms with Crippen molar-refractivity contribution in [1.29, 1.82) is 0 Å². The van der Waals surface area contributed by atoms with Crippen LogP contribution in [-0.2, 0) is 0 Å². The molecule has 116 valence electrons. The van der Waals surface area contributed by atoms with Crippen molar-refractivity contribution >= 4 is 5.91 Å². The lowest BCUT2D eigenvalue weighted by Crippen LogP contribution is -2.38. The molecule has 1 aromatic rings. The third kappa shape index (κ3) is 3.49. The summed E-state index contributed by atoms with van der Waals surface area (Å²) in [5.74, 6) is 1.39. The van der Waals surface area contributed by atoms with E-state index in [0.29, 0.717) is 29.7 Å². The molecule has 4 heteroatoms. The van der Waals surface area contributed by atoms with Gasteiger partial charge in [0.2, 0.25) is 0 Å². The molecule has 0 bridgehead atoms. The van der Waals surface area contributed by atoms with Gasteiger partial charge in [-0.05, 0) is 44.9 Å². The highest BCUT2D eigenvalue weighted by atomic mass is 16.5. The Kier molecular flexibility index (Phi) is 5.48. The minimum atomic E-state index is 0.0907. The first-order valence-corrected chi connectivity index (χ1v) is 7.83. The van der Waals surface area contributed by atoms with Crippen LogP contribution in [0.5, 0.6) is 11.5 Å². The van der Waals surface area contributed by atoms with E-state index in [2.05, 4.69) is 0 Å². The van der Waals surface area contributed by atoms with Gasteiger partial charge in [0, 0.05) is 18.2 Å². The zero-order valence-corrected chi connectivity index (χ0v) is 13.2. The standard InChI is InChI=1S/C17H25NO3/c1-4-18(14-8-6-7-9-14)17(19)13-10-11-15(20-3)16(12-13)21-5-2/h10-12,14H,4-9H2,1-3H3. The van der Waals surface area contributed by atoms with Crippen LogP contribution in [0.2, 0.25) is 0 Å². The normalized spacial score (nSPS) is 15.0. The molecule has 0 radical (unpaired) electrons. The highest BCUT2D eigenvalue weighted by Crippen LogP contribution is 2.30. The van der Waals surface area contributed by atoms with Crippen LogP contribution in [0, 0.1) is 0 Å². The third-order valence-corrected chi connectivity index (χ3v) is 4.08. The maximum absolute atomic E-state index is 12.7. The maximum Gasteiger partial charge on any atom is 0.254 e. The fourth-order valence-corrected chi connectivity index (χ4v) is 3.03. The van der Waals surface area contributed by atoms with E-state index in [1.54, 1.807) is 19.2 Å². The third-order valence-electron chi connectivity index (χ3n) is 4.08. The van der Waals surface area contributed by atoms with Gasteiger partial charge in [-0.25, -0.2) is 0 Å². The van der Waals surface area contributed by atoms with Crippen molar-refractivity contribution in [3.8, 4) is 11.5 Å². The van der Waals surface area contributed by atoms with Crippen LogP contribution in [0.1, 0.15) is 49.9 Å². The van der Waals surface area contributed by atoms with Gasteiger partial charge >= 0.3 is 0 Å². The van der Waals surface area contributed by atoms with Gasteiger partial charge in [-0.1, -0.05) is 12.8 Å². The van der Waals surface area contributed by atoms with E-state index in [4.69, 9.17) is 9.47 Å². The molecule has 1 saturated carbocycles. The van der Waals surface area contributed by atoms with Gasteiger partial charge < -0.3 is 14.4 Å². The number of carbonyl (C=O) groups excluding carboxylic acids is 1. The number of hydrogen-bond acceptors (Lipinski definition) is 3. The second-order valence-electron chi connectivity index (χ2n) is 5.33. The first-order chi connectivity index (χ1) is 10.2. The number of nitrogens with zero attached hydrogens (tertiary/aromatic N) is 1. The number of rotatable bonds is 6. The molecule has 0 spiro atoms. The summed E-state index contributed by atoms with van der Waals surface area (Å²) in [6.45, 7) is 5.27. The fraction of sp³-hybridized carbons (Fsp3) is 0.588. The summed E-state index contributed by atoms with van der Waals surface area (Å²) in [5, 5.41) is 0. The number of methoxy groups -OCH3 is 1. The van der Waals surface area contributed by atoms with Crippen molar-refractivity contribution in [3.63, 3.8) is 0 Å². The topological polar surface area (TPSA) is 38.8 Å². The highest BCUT2D eigenvalue weighted by Gasteiger charge is 2.26. The molecule has 4 nitrogen and oxygen atoms in total. The quantitative estimate of drug-likeness (QED) is 0.805. The van der Waals surface area contributed by atoms with Crippen molar-refractivity contribution < 1.29 is 14.3 Å². The van der Waals surface area contributed by atoms with Crippen LogP contribution in [0.25, 0.3) is 0 Å². The molecule has 1 aromatic carbocycles. The lowest BCUT2D eigenvalue weighted by atomic mass is 10.1. The molecule has 1 fully saturated rings. The Labute approximate surface area is 127 Å². The summed E-state index contributed by atoms with van der Waals surface area (Å²) in [4.78, 5) is 14.7. The van der Waals surface area contributed by atoms with E-state index in [-0.39, 0.29) is 5.91 Å². The van der Waals surface area contributed by atoms with Gasteiger partial charge in [0.15, 0.2) is 11.5 Å². The molecular weight excluding hydrogens is 266 g/mol. The van der Waals surface area contributed by atoms with Crippen LogP contribution >= 0.6 is 0 Å². The molecule has 0 heterocycles. The fourth-order valence-electron chi connectivity index (χ4n) is 3.03. The average Bonchev–Trinajstić information content (AvgIpc) is 3.02. The highest BCUT2D eigenvalue weighted by molar-refractivity contribution is 5.95. The summed E-state index contributed by atoms with van der Waals surface area (Å²) in [7, 11) is 1.61. The SMILES string of the molecule is CCOc1cc(C(=O)N(CC)C2CCCC2)ccc1OC.